The first-order valence-electron chi connectivity index (χ1n) is 8.02. The molecular weight excluding hydrogens is 248 g/mol. The van der Waals surface area contributed by atoms with Gasteiger partial charge in [0.15, 0.2) is 0 Å². The Bertz CT molecular complexity index is 371. The van der Waals surface area contributed by atoms with Gasteiger partial charge in [-0.2, -0.15) is 0 Å². The van der Waals surface area contributed by atoms with Crippen molar-refractivity contribution in [1.82, 2.24) is 10.2 Å². The highest BCUT2D eigenvalue weighted by molar-refractivity contribution is 5.29. The maximum absolute atomic E-state index is 5.52. The predicted octanol–water partition coefficient (Wildman–Crippen LogP) is 3.22. The number of ether oxygens (including phenoxy) is 1. The number of benzene rings is 1. The van der Waals surface area contributed by atoms with Crippen molar-refractivity contribution in [3.8, 4) is 5.75 Å². The molecule has 0 saturated carbocycles. The number of likely N-dealkylation sites (tertiary alicyclic amines) is 1. The maximum Gasteiger partial charge on any atom is 0.119 e. The first-order valence-corrected chi connectivity index (χ1v) is 8.02. The molecule has 3 heteroatoms. The molecule has 1 aromatic carbocycles. The van der Waals surface area contributed by atoms with Gasteiger partial charge < -0.3 is 15.0 Å². The molecule has 2 rings (SSSR count). The fourth-order valence-corrected chi connectivity index (χ4v) is 2.90. The molecule has 1 aromatic rings. The third-order valence-corrected chi connectivity index (χ3v) is 3.93. The van der Waals surface area contributed by atoms with Crippen LogP contribution in [0.5, 0.6) is 5.75 Å². The van der Waals surface area contributed by atoms with Gasteiger partial charge in [-0.15, -0.1) is 0 Å². The molecule has 0 spiro atoms. The quantitative estimate of drug-likeness (QED) is 0.827. The first kappa shape index (κ1) is 15.3. The molecule has 1 aliphatic rings. The second-order valence-electron chi connectivity index (χ2n) is 5.47. The van der Waals surface area contributed by atoms with Crippen molar-refractivity contribution < 1.29 is 4.74 Å². The molecule has 1 fully saturated rings. The summed E-state index contributed by atoms with van der Waals surface area (Å²) in [5.74, 6) is 0.962. The van der Waals surface area contributed by atoms with Crippen molar-refractivity contribution in [2.24, 2.45) is 0 Å². The minimum atomic E-state index is 0.425. The van der Waals surface area contributed by atoms with Crippen LogP contribution in [0.25, 0.3) is 0 Å². The highest BCUT2D eigenvalue weighted by Crippen LogP contribution is 2.20. The van der Waals surface area contributed by atoms with Crippen molar-refractivity contribution in [3.63, 3.8) is 0 Å². The van der Waals surface area contributed by atoms with Gasteiger partial charge in [-0.25, -0.2) is 0 Å². The number of nitrogens with one attached hydrogen (secondary N) is 1. The topological polar surface area (TPSA) is 24.5 Å². The number of piperidine rings is 1. The van der Waals surface area contributed by atoms with Gasteiger partial charge in [-0.1, -0.05) is 25.5 Å². The number of rotatable bonds is 7. The Kier molecular flexibility index (Phi) is 6.34. The Morgan fingerprint density at radius 3 is 2.40 bits per heavy atom. The van der Waals surface area contributed by atoms with Gasteiger partial charge >= 0.3 is 0 Å². The Morgan fingerprint density at radius 2 is 1.80 bits per heavy atom. The summed E-state index contributed by atoms with van der Waals surface area (Å²) in [6.45, 7) is 9.54. The highest BCUT2D eigenvalue weighted by atomic mass is 16.5. The molecule has 0 amide bonds. The molecule has 3 nitrogen and oxygen atoms in total. The van der Waals surface area contributed by atoms with E-state index >= 15 is 0 Å². The Hall–Kier alpha value is -1.06. The lowest BCUT2D eigenvalue weighted by Crippen LogP contribution is -2.38. The van der Waals surface area contributed by atoms with Crippen LogP contribution >= 0.6 is 0 Å². The Morgan fingerprint density at radius 1 is 1.10 bits per heavy atom. The minimum Gasteiger partial charge on any atom is -0.494 e. The molecule has 1 aliphatic heterocycles. The largest absolute Gasteiger partial charge is 0.494 e. The summed E-state index contributed by atoms with van der Waals surface area (Å²) < 4.78 is 5.52. The van der Waals surface area contributed by atoms with Crippen LogP contribution in [-0.2, 0) is 0 Å². The summed E-state index contributed by atoms with van der Waals surface area (Å²) >= 11 is 0. The fourth-order valence-electron chi connectivity index (χ4n) is 2.90. The zero-order chi connectivity index (χ0) is 14.2. The standard InChI is InChI=1S/C17H28N2O/c1-3-18-17(14-19-12-6-5-7-13-19)15-8-10-16(11-9-15)20-4-2/h8-11,17-18H,3-7,12-14H2,1-2H3. The molecule has 112 valence electrons. The molecule has 1 unspecified atom stereocenters. The van der Waals surface area contributed by atoms with Crippen LogP contribution in [-0.4, -0.2) is 37.7 Å². The summed E-state index contributed by atoms with van der Waals surface area (Å²) in [5.41, 5.74) is 1.36. The van der Waals surface area contributed by atoms with Crippen LogP contribution in [0, 0.1) is 0 Å². The van der Waals surface area contributed by atoms with Crippen LogP contribution < -0.4 is 10.1 Å². The van der Waals surface area contributed by atoms with Crippen molar-refractivity contribution in [1.29, 1.82) is 0 Å². The lowest BCUT2D eigenvalue weighted by atomic mass is 10.0. The van der Waals surface area contributed by atoms with Crippen molar-refractivity contribution in [2.75, 3.05) is 32.8 Å². The van der Waals surface area contributed by atoms with Crippen LogP contribution in [0.3, 0.4) is 0 Å². The van der Waals surface area contributed by atoms with E-state index in [2.05, 4.69) is 41.4 Å². The molecule has 0 radical (unpaired) electrons. The van der Waals surface area contributed by atoms with E-state index in [1.807, 2.05) is 6.92 Å². The van der Waals surface area contributed by atoms with Crippen LogP contribution in [0.4, 0.5) is 0 Å². The summed E-state index contributed by atoms with van der Waals surface area (Å²) in [6.07, 6.45) is 4.09. The third-order valence-electron chi connectivity index (χ3n) is 3.93. The van der Waals surface area contributed by atoms with Gasteiger partial charge in [0, 0.05) is 12.6 Å². The van der Waals surface area contributed by atoms with E-state index in [0.29, 0.717) is 6.04 Å². The lowest BCUT2D eigenvalue weighted by Gasteiger charge is -2.31. The number of hydrogen-bond donors (Lipinski definition) is 1. The van der Waals surface area contributed by atoms with Gasteiger partial charge in [0.2, 0.25) is 0 Å². The summed E-state index contributed by atoms with van der Waals surface area (Å²) in [5, 5.41) is 3.62. The summed E-state index contributed by atoms with van der Waals surface area (Å²) in [7, 11) is 0. The average Bonchev–Trinajstić information content (AvgIpc) is 2.49. The van der Waals surface area contributed by atoms with E-state index in [1.165, 1.54) is 37.9 Å². The normalized spacial score (nSPS) is 17.9. The van der Waals surface area contributed by atoms with E-state index in [1.54, 1.807) is 0 Å². The van der Waals surface area contributed by atoms with Gasteiger partial charge in [0.25, 0.3) is 0 Å². The number of hydrogen-bond acceptors (Lipinski definition) is 3. The first-order chi connectivity index (χ1) is 9.83. The predicted molar refractivity (Wildman–Crippen MR) is 84.3 cm³/mol. The van der Waals surface area contributed by atoms with E-state index < -0.39 is 0 Å². The SMILES string of the molecule is CCNC(CN1CCCCC1)c1ccc(OCC)cc1. The molecule has 20 heavy (non-hydrogen) atoms. The Labute approximate surface area is 123 Å². The van der Waals surface area contributed by atoms with Crippen LogP contribution in [0.15, 0.2) is 24.3 Å². The van der Waals surface area contributed by atoms with Gasteiger partial charge in [0.1, 0.15) is 5.75 Å². The molecule has 1 atom stereocenters. The summed E-state index contributed by atoms with van der Waals surface area (Å²) in [4.78, 5) is 2.59. The lowest BCUT2D eigenvalue weighted by molar-refractivity contribution is 0.206. The minimum absolute atomic E-state index is 0.425. The van der Waals surface area contributed by atoms with E-state index in [-0.39, 0.29) is 0 Å². The molecule has 0 aliphatic carbocycles. The zero-order valence-electron chi connectivity index (χ0n) is 12.9. The van der Waals surface area contributed by atoms with E-state index in [4.69, 9.17) is 4.74 Å². The van der Waals surface area contributed by atoms with Crippen LogP contribution in [0.1, 0.15) is 44.7 Å². The van der Waals surface area contributed by atoms with Gasteiger partial charge in [-0.3, -0.25) is 0 Å². The summed E-state index contributed by atoms with van der Waals surface area (Å²) in [6, 6.07) is 8.98. The van der Waals surface area contributed by atoms with Crippen molar-refractivity contribution >= 4 is 0 Å². The molecule has 1 N–H and O–H groups in total. The average molecular weight is 276 g/mol. The van der Waals surface area contributed by atoms with E-state index in [9.17, 15) is 0 Å². The number of likely N-dealkylation sites (N-methyl/N-ethyl adjacent to an activating group) is 1. The smallest absolute Gasteiger partial charge is 0.119 e. The maximum atomic E-state index is 5.52. The molecular formula is C17H28N2O. The molecule has 1 saturated heterocycles. The molecule has 0 aromatic heterocycles. The fraction of sp³-hybridized carbons (Fsp3) is 0.647. The zero-order valence-corrected chi connectivity index (χ0v) is 12.9. The Balaban J connectivity index is 1.98. The van der Waals surface area contributed by atoms with E-state index in [0.717, 1.165) is 25.4 Å². The second kappa shape index (κ2) is 8.28. The van der Waals surface area contributed by atoms with Crippen molar-refractivity contribution in [3.05, 3.63) is 29.8 Å². The van der Waals surface area contributed by atoms with Gasteiger partial charge in [0.05, 0.1) is 6.61 Å². The number of nitrogens with zero attached hydrogens (tertiary/aromatic N) is 1. The molecule has 1 heterocycles. The molecule has 0 bridgehead atoms. The highest BCUT2D eigenvalue weighted by Gasteiger charge is 2.17. The second-order valence-corrected chi connectivity index (χ2v) is 5.47. The van der Waals surface area contributed by atoms with Crippen molar-refractivity contribution in [2.45, 2.75) is 39.2 Å². The third kappa shape index (κ3) is 4.50. The monoisotopic (exact) mass is 276 g/mol. The van der Waals surface area contributed by atoms with Crippen LogP contribution in [0.2, 0.25) is 0 Å². The van der Waals surface area contributed by atoms with Gasteiger partial charge in [-0.05, 0) is 57.1 Å².